The van der Waals surface area contributed by atoms with Crippen molar-refractivity contribution in [1.29, 1.82) is 0 Å². The fourth-order valence-corrected chi connectivity index (χ4v) is 2.75. The van der Waals surface area contributed by atoms with E-state index in [1.54, 1.807) is 12.4 Å². The number of rotatable bonds is 6. The van der Waals surface area contributed by atoms with Crippen molar-refractivity contribution in [2.75, 3.05) is 19.7 Å². The van der Waals surface area contributed by atoms with Crippen LogP contribution in [0.25, 0.3) is 0 Å². The Kier molecular flexibility index (Phi) is 5.39. The van der Waals surface area contributed by atoms with Gasteiger partial charge in [0.05, 0.1) is 25.7 Å². The number of amides is 1. The molecule has 6 heteroatoms. The molecule has 0 spiro atoms. The highest BCUT2D eigenvalue weighted by atomic mass is 16.5. The second-order valence-electron chi connectivity index (χ2n) is 5.73. The number of ether oxygens (including phenoxy) is 1. The quantitative estimate of drug-likeness (QED) is 0.843. The van der Waals surface area contributed by atoms with Gasteiger partial charge in [0, 0.05) is 32.0 Å². The summed E-state index contributed by atoms with van der Waals surface area (Å²) < 4.78 is 5.73. The highest BCUT2D eigenvalue weighted by molar-refractivity contribution is 5.76. The molecule has 1 aliphatic rings. The van der Waals surface area contributed by atoms with Crippen LogP contribution in [0.2, 0.25) is 0 Å². The summed E-state index contributed by atoms with van der Waals surface area (Å²) in [6.45, 7) is 3.67. The summed E-state index contributed by atoms with van der Waals surface area (Å²) in [4.78, 5) is 21.4. The third kappa shape index (κ3) is 4.91. The molecule has 0 radical (unpaired) electrons. The van der Waals surface area contributed by atoms with Crippen LogP contribution in [0.4, 0.5) is 0 Å². The maximum Gasteiger partial charge on any atom is 0.223 e. The van der Waals surface area contributed by atoms with Gasteiger partial charge in [-0.15, -0.1) is 0 Å². The molecule has 0 saturated carbocycles. The fraction of sp³-hybridized carbons (Fsp3) is 0.412. The number of nitrogens with zero attached hydrogens (tertiary/aromatic N) is 2. The molecule has 0 aliphatic carbocycles. The Balaban J connectivity index is 1.43. The summed E-state index contributed by atoms with van der Waals surface area (Å²) in [6.07, 6.45) is 3.75. The van der Waals surface area contributed by atoms with E-state index in [9.17, 15) is 4.79 Å². The highest BCUT2D eigenvalue weighted by Crippen LogP contribution is 2.12. The predicted molar refractivity (Wildman–Crippen MR) is 86.5 cm³/mol. The van der Waals surface area contributed by atoms with Crippen LogP contribution in [0, 0.1) is 0 Å². The largest absolute Gasteiger partial charge is 0.375 e. The SMILES string of the molecule is O=C(C[C@@H]1CN(Cc2ccccc2)CCO1)NCc1ncc[nH]1. The molecular weight excluding hydrogens is 292 g/mol. The first-order valence-corrected chi connectivity index (χ1v) is 7.92. The van der Waals surface area contributed by atoms with E-state index in [-0.39, 0.29) is 12.0 Å². The normalized spacial score (nSPS) is 18.7. The minimum Gasteiger partial charge on any atom is -0.375 e. The minimum absolute atomic E-state index is 0.00652. The first-order chi connectivity index (χ1) is 11.3. The van der Waals surface area contributed by atoms with E-state index < -0.39 is 0 Å². The number of carbonyl (C=O) groups excluding carboxylic acids is 1. The van der Waals surface area contributed by atoms with Crippen molar-refractivity contribution in [3.05, 3.63) is 54.1 Å². The van der Waals surface area contributed by atoms with Crippen molar-refractivity contribution in [3.63, 3.8) is 0 Å². The van der Waals surface area contributed by atoms with Crippen LogP contribution >= 0.6 is 0 Å². The Morgan fingerprint density at radius 2 is 2.26 bits per heavy atom. The molecule has 1 amide bonds. The summed E-state index contributed by atoms with van der Waals surface area (Å²) in [5.74, 6) is 0.751. The van der Waals surface area contributed by atoms with Gasteiger partial charge in [-0.25, -0.2) is 4.98 Å². The molecule has 2 heterocycles. The van der Waals surface area contributed by atoms with Gasteiger partial charge < -0.3 is 15.0 Å². The lowest BCUT2D eigenvalue weighted by atomic mass is 10.1. The number of hydrogen-bond donors (Lipinski definition) is 2. The first-order valence-electron chi connectivity index (χ1n) is 7.92. The number of aromatic amines is 1. The van der Waals surface area contributed by atoms with Crippen molar-refractivity contribution >= 4 is 5.91 Å². The van der Waals surface area contributed by atoms with Gasteiger partial charge in [-0.2, -0.15) is 0 Å². The minimum atomic E-state index is -0.0518. The van der Waals surface area contributed by atoms with Gasteiger partial charge >= 0.3 is 0 Å². The molecule has 1 aromatic carbocycles. The summed E-state index contributed by atoms with van der Waals surface area (Å²) in [5.41, 5.74) is 1.29. The van der Waals surface area contributed by atoms with Crippen LogP contribution in [0.15, 0.2) is 42.7 Å². The van der Waals surface area contributed by atoms with Crippen LogP contribution in [0.5, 0.6) is 0 Å². The number of aromatic nitrogens is 2. The number of hydrogen-bond acceptors (Lipinski definition) is 4. The molecule has 2 N–H and O–H groups in total. The summed E-state index contributed by atoms with van der Waals surface area (Å²) in [7, 11) is 0. The van der Waals surface area contributed by atoms with E-state index in [1.807, 2.05) is 6.07 Å². The van der Waals surface area contributed by atoms with Gasteiger partial charge in [0.2, 0.25) is 5.91 Å². The molecule has 1 saturated heterocycles. The standard InChI is InChI=1S/C17H22N4O2/c22-17(20-11-16-18-6-7-19-16)10-15-13-21(8-9-23-15)12-14-4-2-1-3-5-14/h1-7,15H,8-13H2,(H,18,19)(H,20,22)/t15-/m1/s1. The lowest BCUT2D eigenvalue weighted by molar-refractivity contribution is -0.126. The predicted octanol–water partition coefficient (Wildman–Crippen LogP) is 1.32. The monoisotopic (exact) mass is 314 g/mol. The summed E-state index contributed by atoms with van der Waals surface area (Å²) >= 11 is 0. The van der Waals surface area contributed by atoms with Crippen LogP contribution in [-0.2, 0) is 22.6 Å². The molecule has 23 heavy (non-hydrogen) atoms. The lowest BCUT2D eigenvalue weighted by Gasteiger charge is -2.32. The zero-order valence-corrected chi connectivity index (χ0v) is 13.1. The molecule has 1 aromatic heterocycles. The van der Waals surface area contributed by atoms with Gasteiger partial charge in [0.1, 0.15) is 5.82 Å². The zero-order chi connectivity index (χ0) is 15.9. The Morgan fingerprint density at radius 1 is 1.39 bits per heavy atom. The maximum absolute atomic E-state index is 12.0. The zero-order valence-electron chi connectivity index (χ0n) is 13.1. The molecule has 122 valence electrons. The topological polar surface area (TPSA) is 70.2 Å². The van der Waals surface area contributed by atoms with Crippen molar-refractivity contribution in [2.45, 2.75) is 25.6 Å². The molecule has 1 atom stereocenters. The summed E-state index contributed by atoms with van der Waals surface area (Å²) in [5, 5.41) is 2.87. The van der Waals surface area contributed by atoms with Crippen LogP contribution in [0.1, 0.15) is 17.8 Å². The second kappa shape index (κ2) is 7.89. The van der Waals surface area contributed by atoms with Gasteiger partial charge in [-0.05, 0) is 5.56 Å². The highest BCUT2D eigenvalue weighted by Gasteiger charge is 2.22. The van der Waals surface area contributed by atoms with Crippen molar-refractivity contribution < 1.29 is 9.53 Å². The van der Waals surface area contributed by atoms with E-state index >= 15 is 0 Å². The molecule has 0 unspecified atom stereocenters. The third-order valence-electron chi connectivity index (χ3n) is 3.89. The molecule has 2 aromatic rings. The van der Waals surface area contributed by atoms with Gasteiger partial charge in [-0.1, -0.05) is 30.3 Å². The van der Waals surface area contributed by atoms with Gasteiger partial charge in [0.15, 0.2) is 0 Å². The third-order valence-corrected chi connectivity index (χ3v) is 3.89. The average Bonchev–Trinajstić information content (AvgIpc) is 3.08. The first kappa shape index (κ1) is 15.7. The molecule has 6 nitrogen and oxygen atoms in total. The van der Waals surface area contributed by atoms with Crippen LogP contribution < -0.4 is 5.32 Å². The number of carbonyl (C=O) groups is 1. The number of imidazole rings is 1. The van der Waals surface area contributed by atoms with E-state index in [2.05, 4.69) is 44.5 Å². The fourth-order valence-electron chi connectivity index (χ4n) is 2.75. The van der Waals surface area contributed by atoms with E-state index in [0.29, 0.717) is 19.6 Å². The Morgan fingerprint density at radius 3 is 3.04 bits per heavy atom. The lowest BCUT2D eigenvalue weighted by Crippen LogP contribution is -2.44. The van der Waals surface area contributed by atoms with Crippen LogP contribution in [0.3, 0.4) is 0 Å². The molecular formula is C17H22N4O2. The average molecular weight is 314 g/mol. The number of morpholine rings is 1. The summed E-state index contributed by atoms with van der Waals surface area (Å²) in [6, 6.07) is 10.4. The van der Waals surface area contributed by atoms with E-state index in [4.69, 9.17) is 4.74 Å². The van der Waals surface area contributed by atoms with Crippen molar-refractivity contribution in [2.24, 2.45) is 0 Å². The molecule has 0 bridgehead atoms. The molecule has 3 rings (SSSR count). The van der Waals surface area contributed by atoms with Crippen LogP contribution in [-0.4, -0.2) is 46.6 Å². The van der Waals surface area contributed by atoms with E-state index in [0.717, 1.165) is 25.5 Å². The Labute approximate surface area is 135 Å². The maximum atomic E-state index is 12.0. The number of benzene rings is 1. The van der Waals surface area contributed by atoms with Gasteiger partial charge in [-0.3, -0.25) is 9.69 Å². The molecule has 1 aliphatic heterocycles. The van der Waals surface area contributed by atoms with Gasteiger partial charge in [0.25, 0.3) is 0 Å². The molecule has 1 fully saturated rings. The number of nitrogens with one attached hydrogen (secondary N) is 2. The van der Waals surface area contributed by atoms with Crippen molar-refractivity contribution in [3.8, 4) is 0 Å². The number of H-pyrrole nitrogens is 1. The van der Waals surface area contributed by atoms with E-state index in [1.165, 1.54) is 5.56 Å². The van der Waals surface area contributed by atoms with Crippen molar-refractivity contribution in [1.82, 2.24) is 20.2 Å². The smallest absolute Gasteiger partial charge is 0.223 e. The second-order valence-corrected chi connectivity index (χ2v) is 5.73. The Hall–Kier alpha value is -2.18. The Bertz CT molecular complexity index is 600.